The molecule has 0 unspecified atom stereocenters. The molecule has 0 aliphatic rings. The molecule has 5 heteroatoms. The van der Waals surface area contributed by atoms with E-state index in [4.69, 9.17) is 16.3 Å². The van der Waals surface area contributed by atoms with Gasteiger partial charge in [0.05, 0.1) is 0 Å². The van der Waals surface area contributed by atoms with Gasteiger partial charge in [0, 0.05) is 27.9 Å². The summed E-state index contributed by atoms with van der Waals surface area (Å²) in [5, 5.41) is 18.7. The molecule has 1 heterocycles. The van der Waals surface area contributed by atoms with Crippen LogP contribution >= 0.6 is 11.6 Å². The fourth-order valence-electron chi connectivity index (χ4n) is 3.18. The zero-order chi connectivity index (χ0) is 19.5. The Labute approximate surface area is 168 Å². The molecule has 0 saturated heterocycles. The lowest BCUT2D eigenvalue weighted by molar-refractivity contribution is 0.304. The first-order valence-corrected chi connectivity index (χ1v) is 9.30. The van der Waals surface area contributed by atoms with Crippen molar-refractivity contribution in [2.24, 2.45) is 0 Å². The van der Waals surface area contributed by atoms with Gasteiger partial charge in [0.1, 0.15) is 23.8 Å². The van der Waals surface area contributed by atoms with E-state index in [-0.39, 0.29) is 5.75 Å². The normalized spacial score (nSPS) is 10.8. The fraction of sp³-hybridized carbons (Fsp3) is 0.0870. The van der Waals surface area contributed by atoms with Gasteiger partial charge in [0.15, 0.2) is 0 Å². The molecule has 4 nitrogen and oxygen atoms in total. The van der Waals surface area contributed by atoms with E-state index in [9.17, 15) is 5.11 Å². The lowest BCUT2D eigenvalue weighted by Gasteiger charge is -2.10. The number of phenolic OH excluding ortho intramolecular Hbond substituents is 1. The number of hydrogen-bond donors (Lipinski definition) is 2. The molecule has 2 N–H and O–H groups in total. The summed E-state index contributed by atoms with van der Waals surface area (Å²) in [6.45, 7) is 2.34. The molecule has 4 rings (SSSR count). The van der Waals surface area contributed by atoms with Gasteiger partial charge in [0.2, 0.25) is 0 Å². The van der Waals surface area contributed by atoms with Crippen LogP contribution in [0.3, 0.4) is 0 Å². The van der Waals surface area contributed by atoms with E-state index >= 15 is 0 Å². The van der Waals surface area contributed by atoms with Gasteiger partial charge in [-0.2, -0.15) is 5.10 Å². The molecule has 0 amide bonds. The number of nitrogens with zero attached hydrogens (tertiary/aromatic N) is 1. The maximum absolute atomic E-state index is 10.6. The van der Waals surface area contributed by atoms with E-state index in [1.807, 2.05) is 73.7 Å². The summed E-state index contributed by atoms with van der Waals surface area (Å²) in [6, 6.07) is 22.8. The van der Waals surface area contributed by atoms with Crippen molar-refractivity contribution in [1.82, 2.24) is 10.2 Å². The second-order valence-electron chi connectivity index (χ2n) is 6.54. The number of rotatable bonds is 5. The Morgan fingerprint density at radius 1 is 1.00 bits per heavy atom. The molecule has 140 valence electrons. The average molecular weight is 391 g/mol. The summed E-state index contributed by atoms with van der Waals surface area (Å²) in [5.74, 6) is 0.696. The Morgan fingerprint density at radius 3 is 2.57 bits per heavy atom. The van der Waals surface area contributed by atoms with Crippen molar-refractivity contribution in [3.05, 3.63) is 89.1 Å². The molecule has 0 fully saturated rings. The Balaban J connectivity index is 1.61. The number of aryl methyl sites for hydroxylation is 1. The Kier molecular flexibility index (Phi) is 5.04. The lowest BCUT2D eigenvalue weighted by Crippen LogP contribution is -1.95. The van der Waals surface area contributed by atoms with Gasteiger partial charge < -0.3 is 9.84 Å². The average Bonchev–Trinajstić information content (AvgIpc) is 3.08. The Bertz CT molecular complexity index is 1110. The standard InChI is InChI=1S/C23H19ClN2O2/c1-15-22(17-7-3-2-4-8-17)23(26-25-15)20-11-10-19(13-21(20)27)28-14-16-6-5-9-18(24)12-16/h2-13,27H,14H2,1H3,(H,25,26). The molecule has 1 aromatic heterocycles. The van der Waals surface area contributed by atoms with Crippen molar-refractivity contribution < 1.29 is 9.84 Å². The van der Waals surface area contributed by atoms with E-state index in [1.54, 1.807) is 6.07 Å². The summed E-state index contributed by atoms with van der Waals surface area (Å²) in [5.41, 5.74) is 5.29. The number of halogens is 1. The van der Waals surface area contributed by atoms with Crippen molar-refractivity contribution >= 4 is 11.6 Å². The van der Waals surface area contributed by atoms with E-state index in [0.717, 1.165) is 22.4 Å². The summed E-state index contributed by atoms with van der Waals surface area (Å²) in [7, 11) is 0. The van der Waals surface area contributed by atoms with Crippen LogP contribution in [0.2, 0.25) is 5.02 Å². The van der Waals surface area contributed by atoms with Crippen molar-refractivity contribution in [3.63, 3.8) is 0 Å². The second kappa shape index (κ2) is 7.79. The van der Waals surface area contributed by atoms with Gasteiger partial charge in [-0.05, 0) is 42.3 Å². The molecule has 0 aliphatic heterocycles. The van der Waals surface area contributed by atoms with Crippen LogP contribution in [0.1, 0.15) is 11.3 Å². The van der Waals surface area contributed by atoms with Crippen LogP contribution in [0.25, 0.3) is 22.4 Å². The highest BCUT2D eigenvalue weighted by molar-refractivity contribution is 6.30. The molecule has 0 aliphatic carbocycles. The SMILES string of the molecule is Cc1[nH]nc(-c2ccc(OCc3cccc(Cl)c3)cc2O)c1-c1ccccc1. The van der Waals surface area contributed by atoms with Crippen molar-refractivity contribution in [1.29, 1.82) is 0 Å². The highest BCUT2D eigenvalue weighted by Crippen LogP contribution is 2.38. The predicted octanol–water partition coefficient (Wildman–Crippen LogP) is 5.99. The van der Waals surface area contributed by atoms with E-state index in [2.05, 4.69) is 10.2 Å². The third-order valence-corrected chi connectivity index (χ3v) is 4.76. The number of benzene rings is 3. The summed E-state index contributed by atoms with van der Waals surface area (Å²) in [6.07, 6.45) is 0. The summed E-state index contributed by atoms with van der Waals surface area (Å²) < 4.78 is 5.79. The molecular weight excluding hydrogens is 372 g/mol. The minimum absolute atomic E-state index is 0.118. The van der Waals surface area contributed by atoms with Gasteiger partial charge in [-0.3, -0.25) is 5.10 Å². The van der Waals surface area contributed by atoms with Gasteiger partial charge in [0.25, 0.3) is 0 Å². The molecule has 0 bridgehead atoms. The number of nitrogens with one attached hydrogen (secondary N) is 1. The van der Waals surface area contributed by atoms with Crippen LogP contribution in [-0.4, -0.2) is 15.3 Å². The zero-order valence-electron chi connectivity index (χ0n) is 15.3. The monoisotopic (exact) mass is 390 g/mol. The van der Waals surface area contributed by atoms with Crippen LogP contribution < -0.4 is 4.74 Å². The first kappa shape index (κ1) is 18.1. The number of hydrogen-bond acceptors (Lipinski definition) is 3. The number of aromatic hydroxyl groups is 1. The molecule has 0 spiro atoms. The lowest BCUT2D eigenvalue weighted by atomic mass is 9.99. The summed E-state index contributed by atoms with van der Waals surface area (Å²) >= 11 is 6.00. The second-order valence-corrected chi connectivity index (χ2v) is 6.97. The molecule has 3 aromatic carbocycles. The number of ether oxygens (including phenoxy) is 1. The predicted molar refractivity (Wildman–Crippen MR) is 112 cm³/mol. The quantitative estimate of drug-likeness (QED) is 0.440. The van der Waals surface area contributed by atoms with Gasteiger partial charge in [-0.25, -0.2) is 0 Å². The highest BCUT2D eigenvalue weighted by Gasteiger charge is 2.17. The van der Waals surface area contributed by atoms with Gasteiger partial charge in [-0.15, -0.1) is 0 Å². The van der Waals surface area contributed by atoms with Crippen LogP contribution in [-0.2, 0) is 6.61 Å². The first-order chi connectivity index (χ1) is 13.6. The molecule has 4 aromatic rings. The Hall–Kier alpha value is -3.24. The smallest absolute Gasteiger partial charge is 0.128 e. The molecule has 28 heavy (non-hydrogen) atoms. The van der Waals surface area contributed by atoms with E-state index in [1.165, 1.54) is 0 Å². The maximum Gasteiger partial charge on any atom is 0.128 e. The number of phenols is 1. The highest BCUT2D eigenvalue weighted by atomic mass is 35.5. The van der Waals surface area contributed by atoms with Crippen molar-refractivity contribution in [2.75, 3.05) is 0 Å². The number of aromatic nitrogens is 2. The van der Waals surface area contributed by atoms with Gasteiger partial charge in [-0.1, -0.05) is 54.1 Å². The largest absolute Gasteiger partial charge is 0.507 e. The molecule has 0 radical (unpaired) electrons. The minimum atomic E-state index is 0.118. The minimum Gasteiger partial charge on any atom is -0.507 e. The molecule has 0 saturated carbocycles. The van der Waals surface area contributed by atoms with Crippen molar-refractivity contribution in [3.8, 4) is 33.9 Å². The molecular formula is C23H19ClN2O2. The maximum atomic E-state index is 10.6. The van der Waals surface area contributed by atoms with E-state index < -0.39 is 0 Å². The third kappa shape index (κ3) is 3.73. The number of H-pyrrole nitrogens is 1. The number of aromatic amines is 1. The van der Waals surface area contributed by atoms with Crippen LogP contribution in [0, 0.1) is 6.92 Å². The van der Waals surface area contributed by atoms with Crippen LogP contribution in [0.5, 0.6) is 11.5 Å². The zero-order valence-corrected chi connectivity index (χ0v) is 16.1. The topological polar surface area (TPSA) is 58.1 Å². The molecule has 0 atom stereocenters. The fourth-order valence-corrected chi connectivity index (χ4v) is 3.39. The van der Waals surface area contributed by atoms with Crippen molar-refractivity contribution in [2.45, 2.75) is 13.5 Å². The van der Waals surface area contributed by atoms with E-state index in [0.29, 0.717) is 28.6 Å². The Morgan fingerprint density at radius 2 is 1.82 bits per heavy atom. The van der Waals surface area contributed by atoms with Crippen LogP contribution in [0.15, 0.2) is 72.8 Å². The summed E-state index contributed by atoms with van der Waals surface area (Å²) in [4.78, 5) is 0. The van der Waals surface area contributed by atoms with Gasteiger partial charge >= 0.3 is 0 Å². The third-order valence-electron chi connectivity index (χ3n) is 4.53. The first-order valence-electron chi connectivity index (χ1n) is 8.93. The van der Waals surface area contributed by atoms with Crippen LogP contribution in [0.4, 0.5) is 0 Å².